The molecule has 6 nitrogen and oxygen atoms in total. The highest BCUT2D eigenvalue weighted by atomic mass is 19.1. The number of halogens is 1. The molecule has 0 aliphatic carbocycles. The molecule has 0 atom stereocenters. The molecule has 1 heterocycles. The molecule has 0 saturated carbocycles. The predicted molar refractivity (Wildman–Crippen MR) is 86.6 cm³/mol. The molecule has 0 saturated heterocycles. The van der Waals surface area contributed by atoms with Gasteiger partial charge in [-0.1, -0.05) is 26.0 Å². The van der Waals surface area contributed by atoms with Gasteiger partial charge in [-0.05, 0) is 31.0 Å². The maximum absolute atomic E-state index is 13.8. The van der Waals surface area contributed by atoms with Crippen LogP contribution in [0.25, 0.3) is 5.69 Å². The summed E-state index contributed by atoms with van der Waals surface area (Å²) in [5.41, 5.74) is -0.487. The summed E-state index contributed by atoms with van der Waals surface area (Å²) in [5, 5.41) is 15.9. The number of aromatic nitrogens is 2. The summed E-state index contributed by atoms with van der Waals surface area (Å²) in [6.45, 7) is 3.65. The van der Waals surface area contributed by atoms with Crippen molar-refractivity contribution in [2.45, 2.75) is 38.6 Å². The Morgan fingerprint density at radius 3 is 2.50 bits per heavy atom. The van der Waals surface area contributed by atoms with Crippen molar-refractivity contribution in [2.24, 2.45) is 0 Å². The molecule has 7 heteroatoms. The van der Waals surface area contributed by atoms with Crippen LogP contribution in [0.4, 0.5) is 4.39 Å². The number of aliphatic carboxylic acids is 1. The Bertz CT molecular complexity index is 738. The average molecular weight is 333 g/mol. The van der Waals surface area contributed by atoms with E-state index in [-0.39, 0.29) is 17.8 Å². The molecular formula is C17H20FN3O3. The van der Waals surface area contributed by atoms with Gasteiger partial charge >= 0.3 is 5.97 Å². The number of benzene rings is 1. The van der Waals surface area contributed by atoms with E-state index in [0.29, 0.717) is 12.8 Å². The zero-order chi connectivity index (χ0) is 17.7. The minimum atomic E-state index is -0.976. The van der Waals surface area contributed by atoms with Gasteiger partial charge in [0.25, 0.3) is 5.91 Å². The highest BCUT2D eigenvalue weighted by molar-refractivity contribution is 5.93. The van der Waals surface area contributed by atoms with Crippen molar-refractivity contribution in [2.75, 3.05) is 0 Å². The second-order valence-electron chi connectivity index (χ2n) is 5.61. The van der Waals surface area contributed by atoms with Crippen LogP contribution >= 0.6 is 0 Å². The molecule has 1 aromatic heterocycles. The van der Waals surface area contributed by atoms with Crippen molar-refractivity contribution in [1.29, 1.82) is 0 Å². The average Bonchev–Trinajstić information content (AvgIpc) is 3.04. The second-order valence-corrected chi connectivity index (χ2v) is 5.61. The van der Waals surface area contributed by atoms with Gasteiger partial charge in [-0.15, -0.1) is 0 Å². The van der Waals surface area contributed by atoms with E-state index in [0.717, 1.165) is 0 Å². The Morgan fingerprint density at radius 1 is 1.25 bits per heavy atom. The Balaban J connectivity index is 2.22. The number of carboxylic acid groups (broad SMARTS) is 1. The maximum Gasteiger partial charge on any atom is 0.305 e. The summed E-state index contributed by atoms with van der Waals surface area (Å²) < 4.78 is 15.1. The van der Waals surface area contributed by atoms with E-state index in [1.54, 1.807) is 18.2 Å². The van der Waals surface area contributed by atoms with Crippen molar-refractivity contribution in [3.05, 3.63) is 48.0 Å². The Hall–Kier alpha value is -2.70. The van der Waals surface area contributed by atoms with E-state index >= 15 is 0 Å². The second kappa shape index (κ2) is 7.25. The van der Waals surface area contributed by atoms with Gasteiger partial charge in [0.05, 0.1) is 12.0 Å². The van der Waals surface area contributed by atoms with Crippen LogP contribution in [-0.4, -0.2) is 32.3 Å². The number of carbonyl (C=O) groups excluding carboxylic acids is 1. The van der Waals surface area contributed by atoms with E-state index in [2.05, 4.69) is 10.4 Å². The third-order valence-electron chi connectivity index (χ3n) is 4.14. The van der Waals surface area contributed by atoms with Crippen molar-refractivity contribution in [3.63, 3.8) is 0 Å². The smallest absolute Gasteiger partial charge is 0.305 e. The van der Waals surface area contributed by atoms with Crippen molar-refractivity contribution < 1.29 is 19.1 Å². The number of carbonyl (C=O) groups is 2. The van der Waals surface area contributed by atoms with Crippen LogP contribution in [0.15, 0.2) is 36.5 Å². The van der Waals surface area contributed by atoms with Crippen LogP contribution in [0, 0.1) is 5.82 Å². The highest BCUT2D eigenvalue weighted by Gasteiger charge is 2.31. The van der Waals surface area contributed by atoms with Gasteiger partial charge in [-0.3, -0.25) is 9.59 Å². The Labute approximate surface area is 139 Å². The molecule has 1 aromatic carbocycles. The summed E-state index contributed by atoms with van der Waals surface area (Å²) >= 11 is 0. The normalized spacial score (nSPS) is 11.3. The third kappa shape index (κ3) is 3.79. The molecule has 1 amide bonds. The number of hydrogen-bond acceptors (Lipinski definition) is 3. The highest BCUT2D eigenvalue weighted by Crippen LogP contribution is 2.21. The van der Waals surface area contributed by atoms with Crippen LogP contribution in [0.1, 0.15) is 43.6 Å². The maximum atomic E-state index is 13.8. The van der Waals surface area contributed by atoms with Gasteiger partial charge in [0.2, 0.25) is 0 Å². The molecule has 24 heavy (non-hydrogen) atoms. The summed E-state index contributed by atoms with van der Waals surface area (Å²) in [5.74, 6) is -1.90. The standard InChI is InChI=1S/C17H20FN3O3/c1-3-17(4-2,11-15(22)23)19-16(24)13-9-10-21(20-13)14-8-6-5-7-12(14)18/h5-10H,3-4,11H2,1-2H3,(H,19,24)(H,22,23). The largest absolute Gasteiger partial charge is 0.481 e. The summed E-state index contributed by atoms with van der Waals surface area (Å²) in [4.78, 5) is 23.5. The first kappa shape index (κ1) is 17.7. The monoisotopic (exact) mass is 333 g/mol. The van der Waals surface area contributed by atoms with Crippen LogP contribution < -0.4 is 5.32 Å². The van der Waals surface area contributed by atoms with Gasteiger partial charge in [-0.25, -0.2) is 9.07 Å². The SMILES string of the molecule is CCC(CC)(CC(=O)O)NC(=O)c1ccn(-c2ccccc2F)n1. The fourth-order valence-corrected chi connectivity index (χ4v) is 2.53. The van der Waals surface area contributed by atoms with Crippen molar-refractivity contribution in [1.82, 2.24) is 15.1 Å². The summed E-state index contributed by atoms with van der Waals surface area (Å²) in [6.07, 6.45) is 2.29. The molecule has 2 aromatic rings. The first-order chi connectivity index (χ1) is 11.4. The predicted octanol–water partition coefficient (Wildman–Crippen LogP) is 2.77. The molecule has 0 bridgehead atoms. The lowest BCUT2D eigenvalue weighted by atomic mass is 9.89. The molecule has 0 aliphatic heterocycles. The lowest BCUT2D eigenvalue weighted by Gasteiger charge is -2.31. The number of hydrogen-bond donors (Lipinski definition) is 2. The van der Waals surface area contributed by atoms with E-state index in [9.17, 15) is 14.0 Å². The van der Waals surface area contributed by atoms with Gasteiger partial charge in [0.1, 0.15) is 11.5 Å². The van der Waals surface area contributed by atoms with Crippen LogP contribution in [-0.2, 0) is 4.79 Å². The Kier molecular flexibility index (Phi) is 5.33. The number of para-hydroxylation sites is 1. The zero-order valence-electron chi connectivity index (χ0n) is 13.6. The zero-order valence-corrected chi connectivity index (χ0v) is 13.6. The molecule has 128 valence electrons. The lowest BCUT2D eigenvalue weighted by molar-refractivity contribution is -0.138. The molecule has 0 aliphatic rings. The minimum Gasteiger partial charge on any atom is -0.481 e. The van der Waals surface area contributed by atoms with Crippen molar-refractivity contribution in [3.8, 4) is 5.69 Å². The quantitative estimate of drug-likeness (QED) is 0.816. The first-order valence-corrected chi connectivity index (χ1v) is 7.75. The van der Waals surface area contributed by atoms with Crippen LogP contribution in [0.3, 0.4) is 0 Å². The molecule has 2 N–H and O–H groups in total. The molecule has 0 fully saturated rings. The van der Waals surface area contributed by atoms with Gasteiger partial charge < -0.3 is 10.4 Å². The van der Waals surface area contributed by atoms with Crippen molar-refractivity contribution >= 4 is 11.9 Å². The number of nitrogens with one attached hydrogen (secondary N) is 1. The van der Waals surface area contributed by atoms with Crippen LogP contribution in [0.2, 0.25) is 0 Å². The molecule has 2 rings (SSSR count). The number of carboxylic acids is 1. The molecule has 0 spiro atoms. The van der Waals surface area contributed by atoms with Crippen LogP contribution in [0.5, 0.6) is 0 Å². The first-order valence-electron chi connectivity index (χ1n) is 7.75. The van der Waals surface area contributed by atoms with E-state index in [1.165, 1.54) is 23.0 Å². The molecule has 0 unspecified atom stereocenters. The number of amides is 1. The fourth-order valence-electron chi connectivity index (χ4n) is 2.53. The Morgan fingerprint density at radius 2 is 1.92 bits per heavy atom. The number of nitrogens with zero attached hydrogens (tertiary/aromatic N) is 2. The van der Waals surface area contributed by atoms with Gasteiger partial charge in [-0.2, -0.15) is 5.10 Å². The van der Waals surface area contributed by atoms with E-state index in [1.807, 2.05) is 13.8 Å². The molecular weight excluding hydrogens is 313 g/mol. The molecule has 0 radical (unpaired) electrons. The minimum absolute atomic E-state index is 0.106. The summed E-state index contributed by atoms with van der Waals surface area (Å²) in [6, 6.07) is 7.57. The topological polar surface area (TPSA) is 84.2 Å². The van der Waals surface area contributed by atoms with E-state index in [4.69, 9.17) is 5.11 Å². The lowest BCUT2D eigenvalue weighted by Crippen LogP contribution is -2.49. The fraction of sp³-hybridized carbons (Fsp3) is 0.353. The third-order valence-corrected chi connectivity index (χ3v) is 4.14. The number of rotatable bonds is 7. The summed E-state index contributed by atoms with van der Waals surface area (Å²) in [7, 11) is 0. The van der Waals surface area contributed by atoms with E-state index < -0.39 is 23.2 Å². The van der Waals surface area contributed by atoms with Gasteiger partial charge in [0.15, 0.2) is 5.69 Å². The van der Waals surface area contributed by atoms with Gasteiger partial charge in [0, 0.05) is 6.20 Å².